The van der Waals surface area contributed by atoms with Gasteiger partial charge in [0.05, 0.1) is 35.0 Å². The average Bonchev–Trinajstić information content (AvgIpc) is 2.94. The molecule has 0 aliphatic heterocycles. The second kappa shape index (κ2) is 14.8. The van der Waals surface area contributed by atoms with E-state index in [-0.39, 0.29) is 43.2 Å². The van der Waals surface area contributed by atoms with Crippen LogP contribution in [0, 0.1) is 0 Å². The molecule has 0 saturated heterocycles. The number of alkyl halides is 3. The number of para-hydroxylation sites is 1. The van der Waals surface area contributed by atoms with E-state index in [1.165, 1.54) is 17.0 Å². The highest BCUT2D eigenvalue weighted by molar-refractivity contribution is 7.80. The summed E-state index contributed by atoms with van der Waals surface area (Å²) >= 11 is 5.61. The standard InChI is InChI=1S/C28H34F3N7O2S/c29-28(30,31)20-7-5-18(6-8-20)15-24(27(41)36-21-16-19-3-1-2-4-23(19)35-17-21)37-26(40)22(34)9-10-25(39)38(13-11-32)14-12-33/h1-8,16-17,22,24H,9-15,32-34H2,(H,36,41)(H,37,40). The molecule has 0 radical (unpaired) electrons. The molecule has 2 atom stereocenters. The lowest BCUT2D eigenvalue weighted by atomic mass is 10.0. The number of aromatic nitrogens is 1. The first-order valence-corrected chi connectivity index (χ1v) is 13.5. The number of nitrogens with two attached hydrogens (primary N) is 3. The largest absolute Gasteiger partial charge is 0.416 e. The summed E-state index contributed by atoms with van der Waals surface area (Å²) in [7, 11) is 0. The van der Waals surface area contributed by atoms with Gasteiger partial charge in [-0.3, -0.25) is 14.6 Å². The van der Waals surface area contributed by atoms with Crippen molar-refractivity contribution in [2.75, 3.05) is 31.5 Å². The third-order valence-corrected chi connectivity index (χ3v) is 6.76. The molecule has 0 bridgehead atoms. The Balaban J connectivity index is 1.73. The second-order valence-electron chi connectivity index (χ2n) is 9.47. The van der Waals surface area contributed by atoms with Gasteiger partial charge in [0.1, 0.15) is 4.99 Å². The molecule has 0 fully saturated rings. The number of pyridine rings is 1. The van der Waals surface area contributed by atoms with Crippen molar-refractivity contribution in [3.05, 3.63) is 71.9 Å². The van der Waals surface area contributed by atoms with E-state index in [1.807, 2.05) is 30.3 Å². The number of amides is 2. The van der Waals surface area contributed by atoms with E-state index in [1.54, 1.807) is 6.20 Å². The first-order valence-electron chi connectivity index (χ1n) is 13.1. The number of fused-ring (bicyclic) bond motifs is 1. The minimum absolute atomic E-state index is 0.0175. The van der Waals surface area contributed by atoms with E-state index in [0.717, 1.165) is 23.0 Å². The molecule has 0 saturated carbocycles. The van der Waals surface area contributed by atoms with E-state index >= 15 is 0 Å². The Morgan fingerprint density at radius 2 is 1.68 bits per heavy atom. The van der Waals surface area contributed by atoms with Crippen LogP contribution < -0.4 is 27.8 Å². The van der Waals surface area contributed by atoms with Gasteiger partial charge in [-0.05, 0) is 42.7 Å². The minimum Gasteiger partial charge on any atom is -0.347 e. The number of anilines is 1. The van der Waals surface area contributed by atoms with Gasteiger partial charge in [-0.15, -0.1) is 0 Å². The maximum atomic E-state index is 13.0. The predicted octanol–water partition coefficient (Wildman–Crippen LogP) is 2.57. The number of benzene rings is 2. The third-order valence-electron chi connectivity index (χ3n) is 6.37. The number of rotatable bonds is 13. The van der Waals surface area contributed by atoms with E-state index in [9.17, 15) is 22.8 Å². The molecule has 0 spiro atoms. The highest BCUT2D eigenvalue weighted by Crippen LogP contribution is 2.29. The van der Waals surface area contributed by atoms with Crippen molar-refractivity contribution >= 4 is 45.6 Å². The summed E-state index contributed by atoms with van der Waals surface area (Å²) in [4.78, 5) is 31.7. The summed E-state index contributed by atoms with van der Waals surface area (Å²) < 4.78 is 39.1. The first-order chi connectivity index (χ1) is 19.5. The Bertz CT molecular complexity index is 1330. The molecule has 41 heavy (non-hydrogen) atoms. The van der Waals surface area contributed by atoms with Crippen LogP contribution in [0.5, 0.6) is 0 Å². The van der Waals surface area contributed by atoms with Crippen LogP contribution >= 0.6 is 12.2 Å². The van der Waals surface area contributed by atoms with E-state index in [2.05, 4.69) is 15.6 Å². The Morgan fingerprint density at radius 1 is 1.02 bits per heavy atom. The number of thiocarbonyl (C=S) groups is 1. The van der Waals surface area contributed by atoms with Crippen LogP contribution in [0.4, 0.5) is 18.9 Å². The van der Waals surface area contributed by atoms with Crippen molar-refractivity contribution in [2.24, 2.45) is 17.2 Å². The summed E-state index contributed by atoms with van der Waals surface area (Å²) in [6, 6.07) is 12.1. The number of halogens is 3. The number of nitrogens with zero attached hydrogens (tertiary/aromatic N) is 2. The molecular weight excluding hydrogens is 555 g/mol. The number of hydrogen-bond acceptors (Lipinski definition) is 7. The van der Waals surface area contributed by atoms with Crippen molar-refractivity contribution in [3.63, 3.8) is 0 Å². The fourth-order valence-corrected chi connectivity index (χ4v) is 4.42. The van der Waals surface area contributed by atoms with Crippen molar-refractivity contribution < 1.29 is 22.8 Å². The average molecular weight is 590 g/mol. The van der Waals surface area contributed by atoms with Gasteiger partial charge in [0.25, 0.3) is 0 Å². The summed E-state index contributed by atoms with van der Waals surface area (Å²) in [6.07, 6.45) is -2.69. The third kappa shape index (κ3) is 9.46. The van der Waals surface area contributed by atoms with Crippen molar-refractivity contribution in [2.45, 2.75) is 37.5 Å². The van der Waals surface area contributed by atoms with E-state index < -0.39 is 29.7 Å². The van der Waals surface area contributed by atoms with Gasteiger partial charge in [0.15, 0.2) is 0 Å². The zero-order chi connectivity index (χ0) is 30.0. The van der Waals surface area contributed by atoms with E-state index in [0.29, 0.717) is 24.3 Å². The van der Waals surface area contributed by atoms with Crippen molar-refractivity contribution in [1.82, 2.24) is 15.2 Å². The molecule has 1 heterocycles. The highest BCUT2D eigenvalue weighted by atomic mass is 32.1. The fourth-order valence-electron chi connectivity index (χ4n) is 4.16. The molecule has 2 aromatic carbocycles. The molecule has 2 unspecified atom stereocenters. The zero-order valence-electron chi connectivity index (χ0n) is 22.4. The SMILES string of the molecule is NCCN(CCN)C(=O)CCC(N)C(=O)NC(Cc1ccc(C(F)(F)F)cc1)C(=S)Nc1cnc2ccccc2c1. The van der Waals surface area contributed by atoms with Crippen molar-refractivity contribution in [1.29, 1.82) is 0 Å². The molecule has 1 aromatic heterocycles. The van der Waals surface area contributed by atoms with Crippen LogP contribution in [-0.2, 0) is 22.2 Å². The van der Waals surface area contributed by atoms with Crippen LogP contribution in [0.3, 0.4) is 0 Å². The Morgan fingerprint density at radius 3 is 2.32 bits per heavy atom. The summed E-state index contributed by atoms with van der Waals surface area (Å²) in [6.45, 7) is 1.24. The number of carbonyl (C=O) groups excluding carboxylic acids is 2. The second-order valence-corrected chi connectivity index (χ2v) is 9.91. The monoisotopic (exact) mass is 589 g/mol. The lowest BCUT2D eigenvalue weighted by Crippen LogP contribution is -2.50. The van der Waals surface area contributed by atoms with Crippen LogP contribution in [0.25, 0.3) is 10.9 Å². The Hall–Kier alpha value is -3.65. The molecule has 2 amide bonds. The molecule has 0 aliphatic carbocycles. The molecule has 3 rings (SSSR count). The maximum absolute atomic E-state index is 13.0. The van der Waals surface area contributed by atoms with Gasteiger partial charge in [-0.25, -0.2) is 0 Å². The highest BCUT2D eigenvalue weighted by Gasteiger charge is 2.30. The van der Waals surface area contributed by atoms with Gasteiger partial charge >= 0.3 is 6.18 Å². The molecule has 8 N–H and O–H groups in total. The van der Waals surface area contributed by atoms with Crippen LogP contribution in [0.2, 0.25) is 0 Å². The normalized spacial score (nSPS) is 12.9. The maximum Gasteiger partial charge on any atom is 0.416 e. The summed E-state index contributed by atoms with van der Waals surface area (Å²) in [5.74, 6) is -0.772. The lowest BCUT2D eigenvalue weighted by molar-refractivity contribution is -0.137. The molecule has 220 valence electrons. The Kier molecular flexibility index (Phi) is 11.5. The smallest absolute Gasteiger partial charge is 0.347 e. The number of nitrogens with one attached hydrogen (secondary N) is 2. The molecule has 9 nitrogen and oxygen atoms in total. The van der Waals surface area contributed by atoms with Gasteiger partial charge in [0.2, 0.25) is 11.8 Å². The van der Waals surface area contributed by atoms with E-state index in [4.69, 9.17) is 29.4 Å². The quantitative estimate of drug-likeness (QED) is 0.191. The number of carbonyl (C=O) groups is 2. The van der Waals surface area contributed by atoms with Gasteiger partial charge in [0, 0.05) is 38.0 Å². The molecule has 0 aliphatic rings. The van der Waals surface area contributed by atoms with Gasteiger partial charge in [-0.1, -0.05) is 42.5 Å². The topological polar surface area (TPSA) is 152 Å². The van der Waals surface area contributed by atoms with Crippen LogP contribution in [0.1, 0.15) is 24.0 Å². The molecular formula is C28H34F3N7O2S. The summed E-state index contributed by atoms with van der Waals surface area (Å²) in [5, 5.41) is 6.74. The fraction of sp³-hybridized carbons (Fsp3) is 0.357. The molecule has 3 aromatic rings. The number of hydrogen-bond donors (Lipinski definition) is 5. The predicted molar refractivity (Wildman–Crippen MR) is 157 cm³/mol. The lowest BCUT2D eigenvalue weighted by Gasteiger charge is -2.24. The van der Waals surface area contributed by atoms with Gasteiger partial charge < -0.3 is 32.7 Å². The first kappa shape index (κ1) is 31.9. The zero-order valence-corrected chi connectivity index (χ0v) is 23.2. The summed E-state index contributed by atoms with van der Waals surface area (Å²) in [5.41, 5.74) is 18.3. The van der Waals surface area contributed by atoms with Gasteiger partial charge in [-0.2, -0.15) is 13.2 Å². The Labute approximate surface area is 241 Å². The minimum atomic E-state index is -4.47. The molecule has 13 heteroatoms. The van der Waals surface area contributed by atoms with Crippen LogP contribution in [0.15, 0.2) is 60.8 Å². The van der Waals surface area contributed by atoms with Crippen molar-refractivity contribution in [3.8, 4) is 0 Å². The van der Waals surface area contributed by atoms with Crippen LogP contribution in [-0.4, -0.2) is 64.9 Å².